The first kappa shape index (κ1) is 11.8. The number of thiocarbonyl (C=S) groups is 1. The molecule has 0 aliphatic heterocycles. The topological polar surface area (TPSA) is 24.1 Å². The van der Waals surface area contributed by atoms with Crippen LogP contribution in [0.5, 0.6) is 0 Å². The van der Waals surface area contributed by atoms with Gasteiger partial charge in [0, 0.05) is 7.05 Å². The quantitative estimate of drug-likeness (QED) is 0.761. The van der Waals surface area contributed by atoms with E-state index in [1.807, 2.05) is 6.92 Å². The van der Waals surface area contributed by atoms with Crippen LogP contribution in [0.15, 0.2) is 18.2 Å². The summed E-state index contributed by atoms with van der Waals surface area (Å²) in [6, 6.07) is 3.62. The predicted octanol–water partition coefficient (Wildman–Crippen LogP) is 2.12. The van der Waals surface area contributed by atoms with Crippen molar-refractivity contribution in [3.8, 4) is 0 Å². The molecule has 0 aliphatic rings. The molecule has 2 N–H and O–H groups in total. The average Bonchev–Trinajstić information content (AvgIpc) is 2.21. The van der Waals surface area contributed by atoms with Gasteiger partial charge >= 0.3 is 0 Å². The van der Waals surface area contributed by atoms with Gasteiger partial charge in [0.15, 0.2) is 16.7 Å². The second kappa shape index (κ2) is 5.02. The van der Waals surface area contributed by atoms with Crippen LogP contribution >= 0.6 is 12.2 Å². The molecule has 0 saturated carbocycles. The Bertz CT molecular complexity index is 368. The summed E-state index contributed by atoms with van der Waals surface area (Å²) in [5.41, 5.74) is 0.645. The highest BCUT2D eigenvalue weighted by molar-refractivity contribution is 7.80. The van der Waals surface area contributed by atoms with Crippen molar-refractivity contribution in [3.63, 3.8) is 0 Å². The molecule has 2 nitrogen and oxygen atoms in total. The van der Waals surface area contributed by atoms with Crippen LogP contribution in [0.25, 0.3) is 0 Å². The SMILES string of the molecule is CNC(=S)N[C@H](C)c1ccc(F)c(F)c1. The molecule has 82 valence electrons. The lowest BCUT2D eigenvalue weighted by Gasteiger charge is -2.15. The van der Waals surface area contributed by atoms with Crippen molar-refractivity contribution in [3.05, 3.63) is 35.4 Å². The molecule has 1 atom stereocenters. The van der Waals surface area contributed by atoms with Crippen LogP contribution in [-0.2, 0) is 0 Å². The van der Waals surface area contributed by atoms with E-state index in [-0.39, 0.29) is 6.04 Å². The van der Waals surface area contributed by atoms with Gasteiger partial charge in [-0.1, -0.05) is 6.07 Å². The molecular weight excluding hydrogens is 218 g/mol. The van der Waals surface area contributed by atoms with Crippen LogP contribution < -0.4 is 10.6 Å². The maximum atomic E-state index is 12.9. The van der Waals surface area contributed by atoms with Crippen LogP contribution in [0, 0.1) is 11.6 Å². The van der Waals surface area contributed by atoms with Crippen molar-refractivity contribution in [2.45, 2.75) is 13.0 Å². The van der Waals surface area contributed by atoms with Gasteiger partial charge < -0.3 is 10.6 Å². The lowest BCUT2D eigenvalue weighted by Crippen LogP contribution is -2.34. The standard InChI is InChI=1S/C10H12F2N2S/c1-6(14-10(15)13-2)7-3-4-8(11)9(12)5-7/h3-6H,1-2H3,(H2,13,14,15)/t6-/m1/s1. The largest absolute Gasteiger partial charge is 0.366 e. The van der Waals surface area contributed by atoms with E-state index >= 15 is 0 Å². The fraction of sp³-hybridized carbons (Fsp3) is 0.300. The summed E-state index contributed by atoms with van der Waals surface area (Å²) >= 11 is 4.90. The maximum absolute atomic E-state index is 12.9. The van der Waals surface area contributed by atoms with Crippen molar-refractivity contribution in [1.29, 1.82) is 0 Å². The maximum Gasteiger partial charge on any atom is 0.166 e. The summed E-state index contributed by atoms with van der Waals surface area (Å²) in [6.07, 6.45) is 0. The van der Waals surface area contributed by atoms with E-state index in [1.54, 1.807) is 7.05 Å². The lowest BCUT2D eigenvalue weighted by atomic mass is 10.1. The second-order valence-corrected chi connectivity index (χ2v) is 3.53. The van der Waals surface area contributed by atoms with E-state index in [9.17, 15) is 8.78 Å². The summed E-state index contributed by atoms with van der Waals surface area (Å²) in [4.78, 5) is 0. The van der Waals surface area contributed by atoms with Gasteiger partial charge in [0.1, 0.15) is 0 Å². The summed E-state index contributed by atoms with van der Waals surface area (Å²) in [5, 5.41) is 6.13. The zero-order valence-electron chi connectivity index (χ0n) is 8.47. The fourth-order valence-corrected chi connectivity index (χ4v) is 1.31. The third kappa shape index (κ3) is 3.13. The molecule has 1 aromatic carbocycles. The summed E-state index contributed by atoms with van der Waals surface area (Å²) < 4.78 is 25.6. The third-order valence-electron chi connectivity index (χ3n) is 2.02. The molecule has 1 aromatic rings. The van der Waals surface area contributed by atoms with Gasteiger partial charge in [-0.15, -0.1) is 0 Å². The molecule has 0 radical (unpaired) electrons. The highest BCUT2D eigenvalue weighted by atomic mass is 32.1. The zero-order valence-corrected chi connectivity index (χ0v) is 9.29. The monoisotopic (exact) mass is 230 g/mol. The minimum atomic E-state index is -0.850. The Labute approximate surface area is 92.7 Å². The van der Waals surface area contributed by atoms with Crippen LogP contribution in [0.2, 0.25) is 0 Å². The molecule has 0 saturated heterocycles. The lowest BCUT2D eigenvalue weighted by molar-refractivity contribution is 0.505. The first-order valence-corrected chi connectivity index (χ1v) is 4.88. The van der Waals surface area contributed by atoms with Gasteiger partial charge in [-0.05, 0) is 36.8 Å². The smallest absolute Gasteiger partial charge is 0.166 e. The molecule has 15 heavy (non-hydrogen) atoms. The molecule has 0 unspecified atom stereocenters. The van der Waals surface area contributed by atoms with Crippen molar-refractivity contribution in [1.82, 2.24) is 10.6 Å². The number of nitrogens with one attached hydrogen (secondary N) is 2. The molecule has 0 spiro atoms. The first-order valence-electron chi connectivity index (χ1n) is 4.47. The van der Waals surface area contributed by atoms with E-state index < -0.39 is 11.6 Å². The first-order chi connectivity index (χ1) is 7.04. The molecule has 0 heterocycles. The van der Waals surface area contributed by atoms with E-state index in [2.05, 4.69) is 10.6 Å². The van der Waals surface area contributed by atoms with Gasteiger partial charge in [0.25, 0.3) is 0 Å². The normalized spacial score (nSPS) is 12.0. The summed E-state index contributed by atoms with van der Waals surface area (Å²) in [7, 11) is 1.69. The molecule has 0 aromatic heterocycles. The van der Waals surface area contributed by atoms with Crippen molar-refractivity contribution in [2.24, 2.45) is 0 Å². The fourth-order valence-electron chi connectivity index (χ4n) is 1.13. The molecule has 5 heteroatoms. The Balaban J connectivity index is 2.78. The number of rotatable bonds is 2. The average molecular weight is 230 g/mol. The third-order valence-corrected chi connectivity index (χ3v) is 2.34. The molecule has 0 aliphatic carbocycles. The molecule has 1 rings (SSSR count). The Morgan fingerprint density at radius 3 is 2.53 bits per heavy atom. The highest BCUT2D eigenvalue weighted by Gasteiger charge is 2.09. The Morgan fingerprint density at radius 2 is 2.00 bits per heavy atom. The van der Waals surface area contributed by atoms with Crippen molar-refractivity contribution >= 4 is 17.3 Å². The van der Waals surface area contributed by atoms with Gasteiger partial charge in [-0.3, -0.25) is 0 Å². The number of benzene rings is 1. The number of hydrogen-bond acceptors (Lipinski definition) is 1. The minimum Gasteiger partial charge on any atom is -0.366 e. The molecule has 0 bridgehead atoms. The predicted molar refractivity (Wildman–Crippen MR) is 59.6 cm³/mol. The zero-order chi connectivity index (χ0) is 11.4. The molecular formula is C10H12F2N2S. The summed E-state index contributed by atoms with van der Waals surface area (Å²) in [5.74, 6) is -1.70. The van der Waals surface area contributed by atoms with Crippen molar-refractivity contribution in [2.75, 3.05) is 7.05 Å². The number of hydrogen-bond donors (Lipinski definition) is 2. The Kier molecular flexibility index (Phi) is 3.96. The van der Waals surface area contributed by atoms with Crippen LogP contribution in [0.3, 0.4) is 0 Å². The van der Waals surface area contributed by atoms with Crippen LogP contribution in [0.1, 0.15) is 18.5 Å². The van der Waals surface area contributed by atoms with Gasteiger partial charge in [0.05, 0.1) is 6.04 Å². The second-order valence-electron chi connectivity index (χ2n) is 3.12. The van der Waals surface area contributed by atoms with E-state index in [4.69, 9.17) is 12.2 Å². The van der Waals surface area contributed by atoms with Crippen LogP contribution in [0.4, 0.5) is 8.78 Å². The van der Waals surface area contributed by atoms with E-state index in [0.29, 0.717) is 10.7 Å². The van der Waals surface area contributed by atoms with Gasteiger partial charge in [0.2, 0.25) is 0 Å². The van der Waals surface area contributed by atoms with Gasteiger partial charge in [-0.25, -0.2) is 8.78 Å². The minimum absolute atomic E-state index is 0.167. The Morgan fingerprint density at radius 1 is 1.33 bits per heavy atom. The highest BCUT2D eigenvalue weighted by Crippen LogP contribution is 2.15. The van der Waals surface area contributed by atoms with Crippen molar-refractivity contribution < 1.29 is 8.78 Å². The van der Waals surface area contributed by atoms with Crippen LogP contribution in [-0.4, -0.2) is 12.2 Å². The molecule has 0 amide bonds. The van der Waals surface area contributed by atoms with E-state index in [0.717, 1.165) is 12.1 Å². The summed E-state index contributed by atoms with van der Waals surface area (Å²) in [6.45, 7) is 1.82. The Hall–Kier alpha value is -1.23. The number of halogens is 2. The van der Waals surface area contributed by atoms with E-state index in [1.165, 1.54) is 6.07 Å². The van der Waals surface area contributed by atoms with Gasteiger partial charge in [-0.2, -0.15) is 0 Å². The molecule has 0 fully saturated rings.